The Morgan fingerprint density at radius 2 is 1.33 bits per heavy atom. The fourth-order valence-electron chi connectivity index (χ4n) is 7.64. The number of nitrogens with one attached hydrogen (secondary N) is 4. The second-order valence-electron chi connectivity index (χ2n) is 14.8. The minimum Gasteiger partial charge on any atom is -0.453 e. The van der Waals surface area contributed by atoms with Crippen molar-refractivity contribution in [3.8, 4) is 21.1 Å². The summed E-state index contributed by atoms with van der Waals surface area (Å²) in [5.41, 5.74) is 4.15. The molecule has 0 saturated carbocycles. The number of pyridine rings is 1. The Kier molecular flexibility index (Phi) is 10.8. The van der Waals surface area contributed by atoms with E-state index < -0.39 is 24.3 Å². The molecule has 15 nitrogen and oxygen atoms in total. The quantitative estimate of drug-likeness (QED) is 0.126. The molecule has 4 amide bonds. The number of carbonyl (C=O) groups is 4. The van der Waals surface area contributed by atoms with Crippen molar-refractivity contribution < 1.29 is 28.7 Å². The third-order valence-corrected chi connectivity index (χ3v) is 11.7. The Bertz CT molecular complexity index is 2230. The van der Waals surface area contributed by atoms with Gasteiger partial charge in [0.1, 0.15) is 23.7 Å². The highest BCUT2D eigenvalue weighted by Gasteiger charge is 2.39. The monoisotopic (exact) mass is 769 g/mol. The van der Waals surface area contributed by atoms with Gasteiger partial charge < -0.3 is 39.9 Å². The highest BCUT2D eigenvalue weighted by atomic mass is 32.1. The van der Waals surface area contributed by atoms with Gasteiger partial charge in [0.2, 0.25) is 11.8 Å². The number of rotatable bonds is 10. The minimum atomic E-state index is -0.705. The lowest BCUT2D eigenvalue weighted by atomic mass is 10.0. The van der Waals surface area contributed by atoms with Crippen molar-refractivity contribution in [1.82, 2.24) is 45.4 Å². The zero-order valence-corrected chi connectivity index (χ0v) is 32.7. The summed E-state index contributed by atoms with van der Waals surface area (Å²) in [4.78, 5) is 78.4. The van der Waals surface area contributed by atoms with Crippen molar-refractivity contribution in [3.05, 3.63) is 54.2 Å². The topological polar surface area (TPSA) is 188 Å². The van der Waals surface area contributed by atoms with Gasteiger partial charge in [-0.3, -0.25) is 9.59 Å². The van der Waals surface area contributed by atoms with Crippen molar-refractivity contribution in [3.63, 3.8) is 0 Å². The van der Waals surface area contributed by atoms with Crippen molar-refractivity contribution in [1.29, 1.82) is 0 Å². The van der Waals surface area contributed by atoms with Gasteiger partial charge in [0, 0.05) is 18.5 Å². The Labute approximate surface area is 322 Å². The maximum absolute atomic E-state index is 13.7. The van der Waals surface area contributed by atoms with Gasteiger partial charge in [0.25, 0.3) is 0 Å². The zero-order valence-electron chi connectivity index (χ0n) is 31.8. The summed E-state index contributed by atoms with van der Waals surface area (Å²) < 4.78 is 9.53. The lowest BCUT2D eigenvalue weighted by Gasteiger charge is -2.30. The molecule has 4 aromatic heterocycles. The van der Waals surface area contributed by atoms with Crippen molar-refractivity contribution in [2.24, 2.45) is 11.8 Å². The first-order valence-electron chi connectivity index (χ1n) is 18.7. The molecule has 2 aliphatic rings. The van der Waals surface area contributed by atoms with Crippen molar-refractivity contribution >= 4 is 57.3 Å². The van der Waals surface area contributed by atoms with E-state index in [0.29, 0.717) is 24.7 Å². The highest BCUT2D eigenvalue weighted by Crippen LogP contribution is 2.38. The Morgan fingerprint density at radius 3 is 1.93 bits per heavy atom. The van der Waals surface area contributed by atoms with Crippen LogP contribution in [0.15, 0.2) is 42.6 Å². The second kappa shape index (κ2) is 15.7. The van der Waals surface area contributed by atoms with Crippen LogP contribution < -0.4 is 10.6 Å². The van der Waals surface area contributed by atoms with E-state index in [4.69, 9.17) is 24.4 Å². The molecule has 4 atom stereocenters. The SMILES string of the molecule is COC(=O)N[C@H](C(=O)N1CCC[C@H]1c1ncc(-c2ccc(-c3ccc4c(ccc5nc([C@@H]6CCCN6C(=O)[C@@H](NC(=O)OC)C(C)C)[nH]c54)n3)s2)[nH]1)C(C)C. The first-order valence-corrected chi connectivity index (χ1v) is 19.5. The molecule has 0 spiro atoms. The summed E-state index contributed by atoms with van der Waals surface area (Å²) in [6, 6.07) is 10.2. The van der Waals surface area contributed by atoms with Gasteiger partial charge in [0.15, 0.2) is 0 Å². The van der Waals surface area contributed by atoms with E-state index in [9.17, 15) is 19.2 Å². The highest BCUT2D eigenvalue weighted by molar-refractivity contribution is 7.18. The number of H-pyrrole nitrogens is 2. The van der Waals surface area contributed by atoms with E-state index >= 15 is 0 Å². The van der Waals surface area contributed by atoms with E-state index in [1.54, 1.807) is 22.4 Å². The van der Waals surface area contributed by atoms with Crippen LogP contribution in [0, 0.1) is 11.8 Å². The molecule has 0 radical (unpaired) electrons. The molecular formula is C39H47N9O6S. The molecule has 2 aliphatic heterocycles. The number of fused-ring (bicyclic) bond motifs is 3. The summed E-state index contributed by atoms with van der Waals surface area (Å²) in [6.07, 6.45) is 3.75. The Hall–Kier alpha value is -5.51. The number of methoxy groups -OCH3 is 2. The standard InChI is InChI=1S/C39H47N9O6S/c1-20(2)31(45-38(51)53-5)36(49)47-17-7-9-27(47)34-40-19-26(43-34)30-16-15-29(55-30)24-12-11-22-23(41-24)13-14-25-33(22)44-35(42-25)28-10-8-18-48(28)37(50)32(21(3)4)46-39(52)54-6/h11-16,19-21,27-28,31-32H,7-10,17-18H2,1-6H3,(H,40,43)(H,42,44)(H,45,51)(H,46,52)/t27-,28-,31-,32-/m0/s1. The van der Waals surface area contributed by atoms with E-state index in [2.05, 4.69) is 20.6 Å². The molecule has 0 bridgehead atoms. The molecule has 0 aliphatic carbocycles. The number of benzene rings is 1. The van der Waals surface area contributed by atoms with Gasteiger partial charge in [-0.2, -0.15) is 0 Å². The first-order chi connectivity index (χ1) is 26.5. The Balaban J connectivity index is 1.09. The maximum atomic E-state index is 13.7. The lowest BCUT2D eigenvalue weighted by Crippen LogP contribution is -2.51. The number of aromatic nitrogens is 5. The molecule has 290 valence electrons. The number of hydrogen-bond donors (Lipinski definition) is 4. The predicted molar refractivity (Wildman–Crippen MR) is 208 cm³/mol. The van der Waals surface area contributed by atoms with Crippen LogP contribution in [0.3, 0.4) is 0 Å². The number of aromatic amines is 2. The number of alkyl carbamates (subject to hydrolysis) is 2. The molecular weight excluding hydrogens is 723 g/mol. The van der Waals surface area contributed by atoms with E-state index in [1.807, 2.05) is 69.0 Å². The van der Waals surface area contributed by atoms with Crippen LogP contribution >= 0.6 is 11.3 Å². The summed E-state index contributed by atoms with van der Waals surface area (Å²) >= 11 is 1.60. The fourth-order valence-corrected chi connectivity index (χ4v) is 8.58. The number of imidazole rings is 2. The molecule has 6 heterocycles. The Morgan fingerprint density at radius 1 is 0.745 bits per heavy atom. The van der Waals surface area contributed by atoms with Crippen LogP contribution in [0.25, 0.3) is 43.1 Å². The lowest BCUT2D eigenvalue weighted by molar-refractivity contribution is -0.136. The zero-order chi connectivity index (χ0) is 39.0. The largest absolute Gasteiger partial charge is 0.453 e. The molecule has 5 aromatic rings. The molecule has 4 N–H and O–H groups in total. The fraction of sp³-hybridized carbons (Fsp3) is 0.462. The number of hydrogen-bond acceptors (Lipinski definition) is 10. The van der Waals surface area contributed by atoms with Gasteiger partial charge in [-0.25, -0.2) is 24.5 Å². The minimum absolute atomic E-state index is 0.113. The van der Waals surface area contributed by atoms with E-state index in [0.717, 1.165) is 68.8 Å². The van der Waals surface area contributed by atoms with Crippen LogP contribution in [0.4, 0.5) is 9.59 Å². The third kappa shape index (κ3) is 7.46. The van der Waals surface area contributed by atoms with E-state index in [1.165, 1.54) is 14.2 Å². The van der Waals surface area contributed by atoms with Crippen LogP contribution in [-0.2, 0) is 19.1 Å². The maximum Gasteiger partial charge on any atom is 0.407 e. The molecule has 1 aromatic carbocycles. The van der Waals surface area contributed by atoms with Gasteiger partial charge in [-0.15, -0.1) is 11.3 Å². The average Bonchev–Trinajstić information content (AvgIpc) is 4.03. The van der Waals surface area contributed by atoms with Gasteiger partial charge in [0.05, 0.1) is 70.2 Å². The van der Waals surface area contributed by atoms with Gasteiger partial charge in [-0.05, 0) is 73.9 Å². The predicted octanol–water partition coefficient (Wildman–Crippen LogP) is 6.32. The number of thiophene rings is 1. The normalized spacial score (nSPS) is 18.3. The molecule has 16 heteroatoms. The summed E-state index contributed by atoms with van der Waals surface area (Å²) in [7, 11) is 2.57. The first kappa shape index (κ1) is 37.8. The smallest absolute Gasteiger partial charge is 0.407 e. The van der Waals surface area contributed by atoms with E-state index in [-0.39, 0.29) is 35.7 Å². The van der Waals surface area contributed by atoms with Crippen LogP contribution in [0.1, 0.15) is 77.1 Å². The van der Waals surface area contributed by atoms with Gasteiger partial charge in [-0.1, -0.05) is 27.7 Å². The number of carbonyl (C=O) groups excluding carboxylic acids is 4. The molecule has 0 unspecified atom stereocenters. The van der Waals surface area contributed by atoms with Crippen molar-refractivity contribution in [2.75, 3.05) is 27.3 Å². The van der Waals surface area contributed by atoms with Crippen LogP contribution in [-0.4, -0.2) is 98.1 Å². The second-order valence-corrected chi connectivity index (χ2v) is 15.9. The molecule has 2 fully saturated rings. The number of nitrogens with zero attached hydrogens (tertiary/aromatic N) is 5. The van der Waals surface area contributed by atoms with Crippen LogP contribution in [0.2, 0.25) is 0 Å². The van der Waals surface area contributed by atoms with Crippen molar-refractivity contribution in [2.45, 2.75) is 77.5 Å². The molecule has 2 saturated heterocycles. The summed E-state index contributed by atoms with van der Waals surface area (Å²) in [5.74, 6) is 0.894. The summed E-state index contributed by atoms with van der Waals surface area (Å²) in [6.45, 7) is 8.76. The summed E-state index contributed by atoms with van der Waals surface area (Å²) in [5, 5.41) is 6.32. The number of ether oxygens (including phenoxy) is 2. The molecule has 55 heavy (non-hydrogen) atoms. The molecule has 7 rings (SSSR count). The van der Waals surface area contributed by atoms with Gasteiger partial charge >= 0.3 is 12.2 Å². The number of amides is 4. The average molecular weight is 770 g/mol. The van der Waals surface area contributed by atoms with Crippen LogP contribution in [0.5, 0.6) is 0 Å². The number of likely N-dealkylation sites (tertiary alicyclic amines) is 2. The third-order valence-electron chi connectivity index (χ3n) is 10.5.